The van der Waals surface area contributed by atoms with Gasteiger partial charge in [-0.2, -0.15) is 11.3 Å². The monoisotopic (exact) mass is 375 g/mol. The summed E-state index contributed by atoms with van der Waals surface area (Å²) in [4.78, 5) is 9.14. The lowest BCUT2D eigenvalue weighted by Gasteiger charge is -2.11. The number of aromatic nitrogens is 2. The Balaban J connectivity index is 2.47. The van der Waals surface area contributed by atoms with Gasteiger partial charge in [0.1, 0.15) is 5.82 Å². The van der Waals surface area contributed by atoms with Gasteiger partial charge in [-0.15, -0.1) is 0 Å². The molecule has 0 aliphatic heterocycles. The topological polar surface area (TPSA) is 47.0 Å². The summed E-state index contributed by atoms with van der Waals surface area (Å²) in [5.74, 6) is 1.63. The van der Waals surface area contributed by atoms with E-state index in [1.54, 1.807) is 18.4 Å². The van der Waals surface area contributed by atoms with Crippen LogP contribution in [-0.2, 0) is 11.3 Å². The lowest BCUT2D eigenvalue weighted by molar-refractivity contribution is 0.181. The molecule has 2 rings (SSSR count). The molecule has 0 fully saturated rings. The van der Waals surface area contributed by atoms with Crippen LogP contribution in [0.1, 0.15) is 12.6 Å². The number of hydrogen-bond acceptors (Lipinski definition) is 5. The predicted octanol–water partition coefficient (Wildman–Crippen LogP) is 3.39. The summed E-state index contributed by atoms with van der Waals surface area (Å²) in [7, 11) is 1.68. The Kier molecular flexibility index (Phi) is 4.90. The van der Waals surface area contributed by atoms with Gasteiger partial charge in [0, 0.05) is 24.6 Å². The van der Waals surface area contributed by atoms with E-state index in [-0.39, 0.29) is 0 Å². The zero-order chi connectivity index (χ0) is 13.0. The highest BCUT2D eigenvalue weighted by Crippen LogP contribution is 2.25. The maximum absolute atomic E-state index is 5.19. The maximum Gasteiger partial charge on any atom is 0.162 e. The molecule has 0 bridgehead atoms. The summed E-state index contributed by atoms with van der Waals surface area (Å²) < 4.78 is 6.22. The summed E-state index contributed by atoms with van der Waals surface area (Å²) in [6.45, 7) is 3.39. The Morgan fingerprint density at radius 3 is 2.89 bits per heavy atom. The van der Waals surface area contributed by atoms with Crippen LogP contribution in [-0.4, -0.2) is 23.6 Å². The van der Waals surface area contributed by atoms with E-state index in [0.717, 1.165) is 33.0 Å². The molecule has 2 heterocycles. The minimum Gasteiger partial charge on any atom is -0.378 e. The van der Waals surface area contributed by atoms with Gasteiger partial charge < -0.3 is 10.1 Å². The van der Waals surface area contributed by atoms with Gasteiger partial charge in [0.05, 0.1) is 15.9 Å². The second kappa shape index (κ2) is 6.44. The second-order valence-electron chi connectivity index (χ2n) is 3.63. The van der Waals surface area contributed by atoms with Gasteiger partial charge in [0.2, 0.25) is 0 Å². The van der Waals surface area contributed by atoms with Gasteiger partial charge in [-0.05, 0) is 41.0 Å². The molecule has 0 saturated carbocycles. The van der Waals surface area contributed by atoms with Crippen LogP contribution in [0.25, 0.3) is 11.4 Å². The Labute approximate surface area is 124 Å². The van der Waals surface area contributed by atoms with Crippen LogP contribution in [0.15, 0.2) is 16.8 Å². The van der Waals surface area contributed by atoms with E-state index in [1.165, 1.54) is 0 Å². The fraction of sp³-hybridized carbons (Fsp3) is 0.333. The molecule has 0 radical (unpaired) electrons. The van der Waals surface area contributed by atoms with E-state index >= 15 is 0 Å². The largest absolute Gasteiger partial charge is 0.378 e. The van der Waals surface area contributed by atoms with E-state index in [4.69, 9.17) is 4.74 Å². The number of methoxy groups -OCH3 is 1. The Bertz CT molecular complexity index is 489. The van der Waals surface area contributed by atoms with Crippen molar-refractivity contribution < 1.29 is 4.74 Å². The van der Waals surface area contributed by atoms with E-state index in [0.29, 0.717) is 6.61 Å². The Morgan fingerprint density at radius 2 is 2.28 bits per heavy atom. The standard InChI is InChI=1S/C12H14IN3OS/c1-3-14-12-10(13)9(6-17-2)15-11(16-12)8-4-5-18-7-8/h4-5,7H,3,6H2,1-2H3,(H,14,15,16). The Morgan fingerprint density at radius 1 is 1.44 bits per heavy atom. The molecule has 1 N–H and O–H groups in total. The van der Waals surface area contributed by atoms with Crippen LogP contribution in [0.2, 0.25) is 0 Å². The molecule has 0 atom stereocenters. The zero-order valence-electron chi connectivity index (χ0n) is 10.2. The molecule has 18 heavy (non-hydrogen) atoms. The van der Waals surface area contributed by atoms with Crippen molar-refractivity contribution >= 4 is 39.7 Å². The first-order chi connectivity index (χ1) is 8.76. The number of thiophene rings is 1. The lowest BCUT2D eigenvalue weighted by Crippen LogP contribution is -2.08. The number of ether oxygens (including phenoxy) is 1. The first-order valence-corrected chi connectivity index (χ1v) is 7.60. The van der Waals surface area contributed by atoms with Gasteiger partial charge in [0.25, 0.3) is 0 Å². The summed E-state index contributed by atoms with van der Waals surface area (Å²) >= 11 is 3.90. The molecule has 96 valence electrons. The van der Waals surface area contributed by atoms with Crippen molar-refractivity contribution in [3.63, 3.8) is 0 Å². The molecule has 0 aliphatic rings. The van der Waals surface area contributed by atoms with E-state index in [9.17, 15) is 0 Å². The molecule has 0 aliphatic carbocycles. The normalized spacial score (nSPS) is 10.6. The van der Waals surface area contributed by atoms with Crippen molar-refractivity contribution in [2.45, 2.75) is 13.5 Å². The van der Waals surface area contributed by atoms with Crippen molar-refractivity contribution in [1.82, 2.24) is 9.97 Å². The fourth-order valence-electron chi connectivity index (χ4n) is 1.53. The Hall–Kier alpha value is -0.730. The number of nitrogens with zero attached hydrogens (tertiary/aromatic N) is 2. The molecule has 6 heteroatoms. The van der Waals surface area contributed by atoms with Crippen LogP contribution < -0.4 is 5.32 Å². The average molecular weight is 375 g/mol. The van der Waals surface area contributed by atoms with Crippen molar-refractivity contribution in [2.75, 3.05) is 19.0 Å². The van der Waals surface area contributed by atoms with Gasteiger partial charge >= 0.3 is 0 Å². The van der Waals surface area contributed by atoms with Gasteiger partial charge in [-0.25, -0.2) is 9.97 Å². The van der Waals surface area contributed by atoms with Crippen LogP contribution in [0.5, 0.6) is 0 Å². The van der Waals surface area contributed by atoms with E-state index < -0.39 is 0 Å². The highest BCUT2D eigenvalue weighted by molar-refractivity contribution is 14.1. The third-order valence-corrected chi connectivity index (χ3v) is 4.14. The molecule has 0 aromatic carbocycles. The van der Waals surface area contributed by atoms with E-state index in [2.05, 4.69) is 50.2 Å². The minimum atomic E-state index is 0.496. The average Bonchev–Trinajstić information content (AvgIpc) is 2.88. The van der Waals surface area contributed by atoms with Crippen molar-refractivity contribution in [1.29, 1.82) is 0 Å². The van der Waals surface area contributed by atoms with Gasteiger partial charge in [-0.1, -0.05) is 0 Å². The zero-order valence-corrected chi connectivity index (χ0v) is 13.2. The van der Waals surface area contributed by atoms with Crippen molar-refractivity contribution in [2.24, 2.45) is 0 Å². The first-order valence-electron chi connectivity index (χ1n) is 5.58. The van der Waals surface area contributed by atoms with Gasteiger partial charge in [-0.3, -0.25) is 0 Å². The third kappa shape index (κ3) is 2.99. The number of hydrogen-bond donors (Lipinski definition) is 1. The van der Waals surface area contributed by atoms with Crippen molar-refractivity contribution in [3.8, 4) is 11.4 Å². The lowest BCUT2D eigenvalue weighted by atomic mass is 10.3. The van der Waals surface area contributed by atoms with Crippen LogP contribution in [0, 0.1) is 3.57 Å². The molecule has 4 nitrogen and oxygen atoms in total. The summed E-state index contributed by atoms with van der Waals surface area (Å²) in [5.41, 5.74) is 1.97. The molecule has 0 saturated heterocycles. The number of halogens is 1. The molecule has 2 aromatic rings. The fourth-order valence-corrected chi connectivity index (χ4v) is 2.75. The molecule has 0 spiro atoms. The predicted molar refractivity (Wildman–Crippen MR) is 82.9 cm³/mol. The van der Waals surface area contributed by atoms with Crippen molar-refractivity contribution in [3.05, 3.63) is 26.1 Å². The first kappa shape index (κ1) is 13.7. The summed E-state index contributed by atoms with van der Waals surface area (Å²) in [6.07, 6.45) is 0. The smallest absolute Gasteiger partial charge is 0.162 e. The number of rotatable bonds is 5. The number of anilines is 1. The molecular weight excluding hydrogens is 361 g/mol. The molecule has 2 aromatic heterocycles. The maximum atomic E-state index is 5.19. The third-order valence-electron chi connectivity index (χ3n) is 2.32. The highest BCUT2D eigenvalue weighted by atomic mass is 127. The van der Waals surface area contributed by atoms with Crippen LogP contribution >= 0.6 is 33.9 Å². The minimum absolute atomic E-state index is 0.496. The molecule has 0 amide bonds. The SMILES string of the molecule is CCNc1nc(-c2ccsc2)nc(COC)c1I. The second-order valence-corrected chi connectivity index (χ2v) is 5.49. The van der Waals surface area contributed by atoms with Crippen LogP contribution in [0.4, 0.5) is 5.82 Å². The molecular formula is C12H14IN3OS. The molecule has 0 unspecified atom stereocenters. The summed E-state index contributed by atoms with van der Waals surface area (Å²) in [5, 5.41) is 7.34. The summed E-state index contributed by atoms with van der Waals surface area (Å²) in [6, 6.07) is 2.03. The van der Waals surface area contributed by atoms with Crippen LogP contribution in [0.3, 0.4) is 0 Å². The quantitative estimate of drug-likeness (QED) is 0.814. The number of nitrogens with one attached hydrogen (secondary N) is 1. The van der Waals surface area contributed by atoms with E-state index in [1.807, 2.05) is 11.4 Å². The highest BCUT2D eigenvalue weighted by Gasteiger charge is 2.13. The van der Waals surface area contributed by atoms with Gasteiger partial charge in [0.15, 0.2) is 5.82 Å².